The molecule has 0 aromatic heterocycles. The van der Waals surface area contributed by atoms with Crippen LogP contribution in [0.2, 0.25) is 0 Å². The first-order valence-corrected chi connectivity index (χ1v) is 13.4. The minimum Gasteiger partial charge on any atom is -0.504 e. The third-order valence-corrected chi connectivity index (χ3v) is 8.48. The third kappa shape index (κ3) is 3.87. The van der Waals surface area contributed by atoms with Gasteiger partial charge in [0.2, 0.25) is 11.8 Å². The largest absolute Gasteiger partial charge is 0.504 e. The number of hydrogen-bond acceptors (Lipinski definition) is 6. The summed E-state index contributed by atoms with van der Waals surface area (Å²) in [5, 5.41) is 11.2. The molecule has 0 saturated carbocycles. The molecular formula is C32H29NO6. The van der Waals surface area contributed by atoms with Crippen LogP contribution in [0.4, 0.5) is 0 Å². The van der Waals surface area contributed by atoms with Gasteiger partial charge in [-0.05, 0) is 50.3 Å². The van der Waals surface area contributed by atoms with Crippen LogP contribution >= 0.6 is 0 Å². The van der Waals surface area contributed by atoms with Crippen LogP contribution in [0.5, 0.6) is 11.5 Å². The fourth-order valence-electron chi connectivity index (χ4n) is 6.77. The summed E-state index contributed by atoms with van der Waals surface area (Å²) in [5.74, 6) is -3.07. The van der Waals surface area contributed by atoms with Gasteiger partial charge < -0.3 is 9.84 Å². The zero-order valence-electron chi connectivity index (χ0n) is 21.8. The lowest BCUT2D eigenvalue weighted by molar-refractivity contribution is -0.140. The molecule has 7 nitrogen and oxygen atoms in total. The van der Waals surface area contributed by atoms with Gasteiger partial charge in [-0.3, -0.25) is 24.1 Å². The van der Waals surface area contributed by atoms with Gasteiger partial charge in [0, 0.05) is 28.2 Å². The first-order valence-electron chi connectivity index (χ1n) is 13.4. The number of phenols is 1. The molecule has 4 atom stereocenters. The molecule has 1 N–H and O–H groups in total. The Hall–Kier alpha value is -4.26. The van der Waals surface area contributed by atoms with Crippen molar-refractivity contribution in [1.82, 2.24) is 4.90 Å². The molecule has 0 unspecified atom stereocenters. The molecule has 0 spiro atoms. The van der Waals surface area contributed by atoms with Gasteiger partial charge in [0.1, 0.15) is 0 Å². The van der Waals surface area contributed by atoms with Gasteiger partial charge in [-0.2, -0.15) is 0 Å². The normalized spacial score (nSPS) is 26.2. The Balaban J connectivity index is 1.46. The number of nitrogens with zero attached hydrogens (tertiary/aromatic N) is 1. The fraction of sp³-hybridized carbons (Fsp3) is 0.312. The highest BCUT2D eigenvalue weighted by molar-refractivity contribution is 6.23. The van der Waals surface area contributed by atoms with Crippen LogP contribution in [-0.2, 0) is 25.7 Å². The molecule has 6 rings (SSSR count). The molecule has 1 heterocycles. The zero-order chi connectivity index (χ0) is 27.4. The highest BCUT2D eigenvalue weighted by Gasteiger charge is 2.56. The van der Waals surface area contributed by atoms with Crippen LogP contribution in [0, 0.1) is 17.8 Å². The molecule has 198 valence electrons. The van der Waals surface area contributed by atoms with Gasteiger partial charge in [0.25, 0.3) is 0 Å². The van der Waals surface area contributed by atoms with Gasteiger partial charge in [-0.15, -0.1) is 0 Å². The first-order chi connectivity index (χ1) is 18.8. The number of benzene rings is 2. The van der Waals surface area contributed by atoms with Crippen molar-refractivity contribution in [3.05, 3.63) is 94.1 Å². The summed E-state index contributed by atoms with van der Waals surface area (Å²) in [4.78, 5) is 55.5. The van der Waals surface area contributed by atoms with E-state index in [9.17, 15) is 24.3 Å². The number of Topliss-reactive ketones (excluding diaryl/α,β-unsaturated/α-hetero) is 1. The van der Waals surface area contributed by atoms with E-state index in [1.165, 1.54) is 11.0 Å². The van der Waals surface area contributed by atoms with Crippen molar-refractivity contribution < 1.29 is 29.0 Å². The number of phenolic OH excluding ortho intramolecular Hbond substituents is 1. The molecule has 1 fully saturated rings. The second kappa shape index (κ2) is 9.49. The van der Waals surface area contributed by atoms with Gasteiger partial charge in [-0.25, -0.2) is 0 Å². The van der Waals surface area contributed by atoms with Crippen molar-refractivity contribution in [3.63, 3.8) is 0 Å². The van der Waals surface area contributed by atoms with E-state index in [0.717, 1.165) is 11.1 Å². The van der Waals surface area contributed by atoms with E-state index in [1.54, 1.807) is 25.1 Å². The van der Waals surface area contributed by atoms with E-state index < -0.39 is 23.7 Å². The minimum atomic E-state index is -0.716. The van der Waals surface area contributed by atoms with E-state index in [1.807, 2.05) is 43.3 Å². The average Bonchev–Trinajstić information content (AvgIpc) is 3.17. The number of likely N-dealkylation sites (tertiary alicyclic amines) is 1. The van der Waals surface area contributed by atoms with E-state index in [-0.39, 0.29) is 47.8 Å². The van der Waals surface area contributed by atoms with Crippen LogP contribution in [0.15, 0.2) is 83.0 Å². The summed E-state index contributed by atoms with van der Waals surface area (Å²) in [6.07, 6.45) is 3.87. The Morgan fingerprint density at radius 3 is 2.49 bits per heavy atom. The third-order valence-electron chi connectivity index (χ3n) is 8.48. The molecule has 4 aliphatic rings. The number of rotatable bonds is 5. The van der Waals surface area contributed by atoms with Crippen molar-refractivity contribution in [2.24, 2.45) is 17.8 Å². The first kappa shape index (κ1) is 25.0. The van der Waals surface area contributed by atoms with Gasteiger partial charge in [0.15, 0.2) is 23.1 Å². The zero-order valence-corrected chi connectivity index (χ0v) is 21.8. The Kier molecular flexibility index (Phi) is 6.09. The SMILES string of the molecule is CCOc1cccc([C@H]2C3=CC[C@@H]4C(=O)N(Cc5ccccc5)C(=O)[C@@H]4[C@@H]3CC3=C2C(=O)C=C(C)C3=O)c1O. The second-order valence-corrected chi connectivity index (χ2v) is 10.6. The maximum absolute atomic E-state index is 13.9. The molecule has 2 aromatic carbocycles. The lowest BCUT2D eigenvalue weighted by Gasteiger charge is -2.42. The summed E-state index contributed by atoms with van der Waals surface area (Å²) >= 11 is 0. The lowest BCUT2D eigenvalue weighted by atomic mass is 9.59. The van der Waals surface area contributed by atoms with E-state index in [0.29, 0.717) is 35.3 Å². The number of imide groups is 1. The molecule has 7 heteroatoms. The van der Waals surface area contributed by atoms with Crippen LogP contribution in [0.3, 0.4) is 0 Å². The van der Waals surface area contributed by atoms with E-state index >= 15 is 0 Å². The number of ether oxygens (including phenoxy) is 1. The van der Waals surface area contributed by atoms with Gasteiger partial charge >= 0.3 is 0 Å². The van der Waals surface area contributed by atoms with E-state index in [4.69, 9.17) is 4.74 Å². The predicted molar refractivity (Wildman–Crippen MR) is 143 cm³/mol. The smallest absolute Gasteiger partial charge is 0.234 e. The van der Waals surface area contributed by atoms with E-state index in [2.05, 4.69) is 0 Å². The number of amides is 2. The molecule has 1 saturated heterocycles. The van der Waals surface area contributed by atoms with Crippen molar-refractivity contribution >= 4 is 23.4 Å². The van der Waals surface area contributed by atoms with Crippen LogP contribution in [0.25, 0.3) is 0 Å². The number of aromatic hydroxyl groups is 1. The number of carbonyl (C=O) groups is 4. The summed E-state index contributed by atoms with van der Waals surface area (Å²) < 4.78 is 5.62. The van der Waals surface area contributed by atoms with Crippen LogP contribution in [0.1, 0.15) is 43.7 Å². The lowest BCUT2D eigenvalue weighted by Crippen LogP contribution is -2.39. The summed E-state index contributed by atoms with van der Waals surface area (Å²) in [6.45, 7) is 3.97. The predicted octanol–water partition coefficient (Wildman–Crippen LogP) is 4.42. The number of allylic oxidation sites excluding steroid dienone is 6. The van der Waals surface area contributed by atoms with Crippen LogP contribution < -0.4 is 4.74 Å². The average molecular weight is 524 g/mol. The van der Waals surface area contributed by atoms with Gasteiger partial charge in [-0.1, -0.05) is 54.1 Å². The standard InChI is InChI=1S/C32H29NO6/c1-3-39-25-11-7-10-20(30(25)36)26-19-12-13-21-27(22(19)15-23-28(26)24(34)14-17(2)29(23)35)32(38)33(31(21)37)16-18-8-5-4-6-9-18/h4-12,14,21-22,26-27,36H,3,13,15-16H2,1-2H3/t21-,22+,26+,27-/m0/s1. The molecule has 0 radical (unpaired) electrons. The fourth-order valence-corrected chi connectivity index (χ4v) is 6.77. The topological polar surface area (TPSA) is 101 Å². The summed E-state index contributed by atoms with van der Waals surface area (Å²) in [6, 6.07) is 14.5. The molecule has 2 aromatic rings. The highest BCUT2D eigenvalue weighted by atomic mass is 16.5. The Morgan fingerprint density at radius 1 is 0.974 bits per heavy atom. The quantitative estimate of drug-likeness (QED) is 0.354. The number of para-hydroxylation sites is 1. The van der Waals surface area contributed by atoms with Crippen molar-refractivity contribution in [2.75, 3.05) is 6.61 Å². The Bertz CT molecular complexity index is 1510. The van der Waals surface area contributed by atoms with Crippen molar-refractivity contribution in [1.29, 1.82) is 0 Å². The van der Waals surface area contributed by atoms with Crippen molar-refractivity contribution in [3.8, 4) is 11.5 Å². The number of ketones is 2. The number of hydrogen-bond donors (Lipinski definition) is 1. The maximum atomic E-state index is 13.9. The number of carbonyl (C=O) groups excluding carboxylic acids is 4. The summed E-state index contributed by atoms with van der Waals surface area (Å²) in [7, 11) is 0. The molecule has 3 aliphatic carbocycles. The Labute approximate surface area is 226 Å². The minimum absolute atomic E-state index is 0.0917. The molecule has 1 aliphatic heterocycles. The van der Waals surface area contributed by atoms with Gasteiger partial charge in [0.05, 0.1) is 25.0 Å². The second-order valence-electron chi connectivity index (χ2n) is 10.6. The molecule has 2 amide bonds. The van der Waals surface area contributed by atoms with Crippen molar-refractivity contribution in [2.45, 2.75) is 39.2 Å². The maximum Gasteiger partial charge on any atom is 0.234 e. The summed E-state index contributed by atoms with van der Waals surface area (Å²) in [5.41, 5.74) is 3.18. The molecular weight excluding hydrogens is 494 g/mol. The molecule has 0 bridgehead atoms. The monoisotopic (exact) mass is 523 g/mol. The number of fused-ring (bicyclic) bond motifs is 3. The van der Waals surface area contributed by atoms with Crippen LogP contribution in [-0.4, -0.2) is 40.0 Å². The highest BCUT2D eigenvalue weighted by Crippen LogP contribution is 2.56. The molecule has 39 heavy (non-hydrogen) atoms. The Morgan fingerprint density at radius 2 is 1.74 bits per heavy atom.